The molecule has 1 aliphatic rings. The van der Waals surface area contributed by atoms with E-state index in [0.717, 1.165) is 12.1 Å². The molecule has 0 saturated heterocycles. The van der Waals surface area contributed by atoms with Crippen LogP contribution in [0.1, 0.15) is 19.4 Å². The molecule has 1 aliphatic heterocycles. The highest BCUT2D eigenvalue weighted by molar-refractivity contribution is 6.73. The van der Waals surface area contributed by atoms with E-state index in [1.807, 2.05) is 0 Å². The summed E-state index contributed by atoms with van der Waals surface area (Å²) in [6.07, 6.45) is 0. The maximum atomic E-state index is 12.5. The molecule has 16 heavy (non-hydrogen) atoms. The smallest absolute Gasteiger partial charge is 0.463 e. The maximum absolute atomic E-state index is 12.5. The van der Waals surface area contributed by atoms with Gasteiger partial charge in [0.1, 0.15) is 5.75 Å². The molecule has 0 aliphatic carbocycles. The van der Waals surface area contributed by atoms with Crippen LogP contribution in [0, 0.1) is 0 Å². The first-order chi connectivity index (χ1) is 7.28. The van der Waals surface area contributed by atoms with E-state index >= 15 is 0 Å². The van der Waals surface area contributed by atoms with Crippen LogP contribution in [0.5, 0.6) is 5.75 Å². The molecule has 0 unspecified atom stereocenters. The Bertz CT molecular complexity index is 415. The van der Waals surface area contributed by atoms with E-state index in [2.05, 4.69) is 0 Å². The van der Waals surface area contributed by atoms with Gasteiger partial charge in [-0.3, -0.25) is 0 Å². The molecule has 0 spiro atoms. The molecule has 0 aromatic heterocycles. The van der Waals surface area contributed by atoms with E-state index in [1.165, 1.54) is 6.07 Å². The predicted molar refractivity (Wildman–Crippen MR) is 54.7 cm³/mol. The number of hydrogen-bond acceptors (Lipinski definition) is 2. The summed E-state index contributed by atoms with van der Waals surface area (Å²) in [5.41, 5.74) is -0.179. The fourth-order valence-corrected chi connectivity index (χ4v) is 1.56. The van der Waals surface area contributed by atoms with Crippen molar-refractivity contribution in [2.75, 3.05) is 0 Å². The first kappa shape index (κ1) is 11.3. The van der Waals surface area contributed by atoms with Gasteiger partial charge in [0.05, 0.1) is 6.61 Å². The van der Waals surface area contributed by atoms with Gasteiger partial charge in [-0.2, -0.15) is 0 Å². The summed E-state index contributed by atoms with van der Waals surface area (Å²) < 4.78 is 48.2. The van der Waals surface area contributed by atoms with Crippen molar-refractivity contribution in [1.29, 1.82) is 0 Å². The van der Waals surface area contributed by atoms with Crippen molar-refractivity contribution in [2.45, 2.75) is 26.2 Å². The Morgan fingerprint density at radius 2 is 1.94 bits per heavy atom. The lowest BCUT2D eigenvalue weighted by Crippen LogP contribution is -2.38. The second-order valence-corrected chi connectivity index (χ2v) is 4.23. The lowest BCUT2D eigenvalue weighted by atomic mass is 9.79. The van der Waals surface area contributed by atoms with Crippen LogP contribution < -0.4 is 10.2 Å². The molecule has 1 aromatic carbocycles. The first-order valence-corrected chi connectivity index (χ1v) is 4.94. The highest BCUT2D eigenvalue weighted by atomic mass is 19.4. The molecular weight excluding hydrogens is 220 g/mol. The van der Waals surface area contributed by atoms with Crippen molar-refractivity contribution < 1.29 is 22.4 Å². The normalized spacial score (nSPS) is 18.8. The maximum Gasteiger partial charge on any atom is 0.509 e. The van der Waals surface area contributed by atoms with Crippen molar-refractivity contribution in [1.82, 2.24) is 0 Å². The minimum atomic E-state index is -4.96. The summed E-state index contributed by atoms with van der Waals surface area (Å²) in [7, 11) is 0. The lowest BCUT2D eigenvalue weighted by molar-refractivity contribution is -0.180. The molecule has 0 N–H and O–H groups in total. The number of rotatable bonds is 1. The molecule has 2 nitrogen and oxygen atoms in total. The molecular formula is C10H11BF3O2-. The van der Waals surface area contributed by atoms with Crippen LogP contribution in [-0.2, 0) is 11.3 Å². The predicted octanol–water partition coefficient (Wildman–Crippen LogP) is 2.39. The molecule has 0 radical (unpaired) electrons. The first-order valence-electron chi connectivity index (χ1n) is 4.94. The van der Waals surface area contributed by atoms with Crippen molar-refractivity contribution in [3.8, 4) is 5.75 Å². The molecule has 0 saturated carbocycles. The summed E-state index contributed by atoms with van der Waals surface area (Å²) in [4.78, 5) is 0. The Balaban J connectivity index is 2.36. The van der Waals surface area contributed by atoms with E-state index in [9.17, 15) is 12.9 Å². The molecule has 0 atom stereocenters. The van der Waals surface area contributed by atoms with E-state index in [1.54, 1.807) is 13.8 Å². The molecule has 1 aromatic rings. The minimum absolute atomic E-state index is 0.141. The third-order valence-electron chi connectivity index (χ3n) is 2.39. The van der Waals surface area contributed by atoms with Gasteiger partial charge in [0.15, 0.2) is 0 Å². The summed E-state index contributed by atoms with van der Waals surface area (Å²) in [5, 5.41) is 0. The summed E-state index contributed by atoms with van der Waals surface area (Å²) >= 11 is 0. The second-order valence-electron chi connectivity index (χ2n) is 4.23. The topological polar surface area (TPSA) is 18.5 Å². The Kier molecular flexibility index (Phi) is 2.42. The summed E-state index contributed by atoms with van der Waals surface area (Å²) in [6.45, 7) is -1.38. The zero-order valence-electron chi connectivity index (χ0n) is 8.97. The monoisotopic (exact) mass is 231 g/mol. The number of halogens is 3. The highest BCUT2D eigenvalue weighted by Crippen LogP contribution is 2.30. The molecule has 0 fully saturated rings. The Hall–Kier alpha value is -1.17. The zero-order valence-corrected chi connectivity index (χ0v) is 8.97. The van der Waals surface area contributed by atoms with Crippen LogP contribution in [0.3, 0.4) is 0 Å². The average molecular weight is 231 g/mol. The molecule has 6 heteroatoms. The quantitative estimate of drug-likeness (QED) is 0.690. The van der Waals surface area contributed by atoms with E-state index in [0.29, 0.717) is 11.3 Å². The van der Waals surface area contributed by atoms with E-state index in [4.69, 9.17) is 9.47 Å². The third kappa shape index (κ3) is 2.16. The van der Waals surface area contributed by atoms with Gasteiger partial charge in [0, 0.05) is 19.4 Å². The van der Waals surface area contributed by atoms with Gasteiger partial charge in [-0.15, -0.1) is 5.46 Å². The van der Waals surface area contributed by atoms with Crippen LogP contribution in [-0.4, -0.2) is 12.8 Å². The number of benzene rings is 1. The minimum Gasteiger partial charge on any atom is -0.463 e. The van der Waals surface area contributed by atoms with Gasteiger partial charge in [-0.1, -0.05) is 12.1 Å². The molecule has 88 valence electrons. The van der Waals surface area contributed by atoms with Crippen LogP contribution in [0.25, 0.3) is 0 Å². The molecule has 0 amide bonds. The fraction of sp³-hybridized carbons (Fsp3) is 0.400. The lowest BCUT2D eigenvalue weighted by Gasteiger charge is -2.33. The standard InChI is InChI=1S/C10H11BF3O2/c1-10(2)15-6-7-5-8(11(12,13)14)3-4-9(7)16-10/h3-5H,6H2,1-2H3/q-1. The van der Waals surface area contributed by atoms with Crippen molar-refractivity contribution in [2.24, 2.45) is 0 Å². The Morgan fingerprint density at radius 3 is 2.56 bits per heavy atom. The Morgan fingerprint density at radius 1 is 1.25 bits per heavy atom. The van der Waals surface area contributed by atoms with Gasteiger partial charge >= 0.3 is 6.98 Å². The van der Waals surface area contributed by atoms with Gasteiger partial charge in [0.2, 0.25) is 5.79 Å². The van der Waals surface area contributed by atoms with Gasteiger partial charge in [-0.25, -0.2) is 0 Å². The Labute approximate surface area is 91.4 Å². The second kappa shape index (κ2) is 3.41. The fourth-order valence-electron chi connectivity index (χ4n) is 1.56. The van der Waals surface area contributed by atoms with Gasteiger partial charge in [0.25, 0.3) is 0 Å². The van der Waals surface area contributed by atoms with Gasteiger partial charge < -0.3 is 22.4 Å². The largest absolute Gasteiger partial charge is 0.509 e. The zero-order chi connectivity index (χ0) is 12.0. The molecule has 0 bridgehead atoms. The summed E-state index contributed by atoms with van der Waals surface area (Å²) in [6, 6.07) is 3.48. The number of ether oxygens (including phenoxy) is 2. The van der Waals surface area contributed by atoms with E-state index in [-0.39, 0.29) is 6.61 Å². The van der Waals surface area contributed by atoms with Crippen LogP contribution in [0.2, 0.25) is 0 Å². The number of hydrogen-bond donors (Lipinski definition) is 0. The van der Waals surface area contributed by atoms with Crippen LogP contribution in [0.4, 0.5) is 12.9 Å². The SMILES string of the molecule is CC1(C)OCc2cc([B-](F)(F)F)ccc2O1. The molecule has 2 rings (SSSR count). The van der Waals surface area contributed by atoms with Crippen molar-refractivity contribution in [3.05, 3.63) is 23.8 Å². The van der Waals surface area contributed by atoms with E-state index < -0.39 is 18.2 Å². The number of fused-ring (bicyclic) bond motifs is 1. The van der Waals surface area contributed by atoms with Gasteiger partial charge in [-0.05, 0) is 6.07 Å². The van der Waals surface area contributed by atoms with Crippen molar-refractivity contribution >= 4 is 12.4 Å². The van der Waals surface area contributed by atoms with Crippen molar-refractivity contribution in [3.63, 3.8) is 0 Å². The van der Waals surface area contributed by atoms with Crippen LogP contribution in [0.15, 0.2) is 18.2 Å². The summed E-state index contributed by atoms with van der Waals surface area (Å²) in [5.74, 6) is -0.321. The average Bonchev–Trinajstić information content (AvgIpc) is 2.14. The highest BCUT2D eigenvalue weighted by Gasteiger charge is 2.30. The third-order valence-corrected chi connectivity index (χ3v) is 2.39. The molecule has 1 heterocycles. The van der Waals surface area contributed by atoms with Crippen LogP contribution >= 0.6 is 0 Å².